The van der Waals surface area contributed by atoms with Gasteiger partial charge in [0.1, 0.15) is 0 Å². The summed E-state index contributed by atoms with van der Waals surface area (Å²) in [6, 6.07) is 0. The van der Waals surface area contributed by atoms with Crippen LogP contribution in [0.15, 0.2) is 0 Å². The molecular weight excluding hydrogens is 232 g/mol. The fourth-order valence-electron chi connectivity index (χ4n) is 3.00. The average molecular weight is 256 g/mol. The minimum Gasteiger partial charge on any atom is -0.345 e. The lowest BCUT2D eigenvalue weighted by Crippen LogP contribution is -2.35. The number of hydrogen-bond donors (Lipinski definition) is 1. The van der Waals surface area contributed by atoms with E-state index in [1.165, 1.54) is 12.8 Å². The zero-order valence-electron chi connectivity index (χ0n) is 11.0. The Balaban J connectivity index is 1.77. The predicted octanol–water partition coefficient (Wildman–Crippen LogP) is 1.59. The van der Waals surface area contributed by atoms with Crippen molar-refractivity contribution in [3.05, 3.63) is 0 Å². The zero-order chi connectivity index (χ0) is 12.3. The Morgan fingerprint density at radius 3 is 2.82 bits per heavy atom. The maximum absolute atomic E-state index is 12.3. The highest BCUT2D eigenvalue weighted by atomic mass is 32.2. The first-order valence-electron chi connectivity index (χ1n) is 6.64. The largest absolute Gasteiger partial charge is 0.345 e. The minimum atomic E-state index is 0.337. The van der Waals surface area contributed by atoms with Crippen molar-refractivity contribution in [1.82, 2.24) is 10.2 Å². The van der Waals surface area contributed by atoms with Gasteiger partial charge in [-0.3, -0.25) is 4.79 Å². The van der Waals surface area contributed by atoms with Crippen LogP contribution >= 0.6 is 11.8 Å². The Morgan fingerprint density at radius 1 is 1.47 bits per heavy atom. The molecule has 1 saturated carbocycles. The van der Waals surface area contributed by atoms with Gasteiger partial charge in [-0.25, -0.2) is 0 Å². The summed E-state index contributed by atoms with van der Waals surface area (Å²) in [5.74, 6) is 1.88. The van der Waals surface area contributed by atoms with Crippen molar-refractivity contribution in [2.45, 2.75) is 25.7 Å². The average Bonchev–Trinajstić information content (AvgIpc) is 3.03. The van der Waals surface area contributed by atoms with Gasteiger partial charge in [0.05, 0.1) is 0 Å². The molecule has 4 heteroatoms. The Labute approximate surface area is 109 Å². The quantitative estimate of drug-likeness (QED) is 0.758. The van der Waals surface area contributed by atoms with Crippen molar-refractivity contribution in [1.29, 1.82) is 0 Å². The second kappa shape index (κ2) is 5.61. The molecule has 1 spiro atoms. The first kappa shape index (κ1) is 13.2. The highest BCUT2D eigenvalue weighted by molar-refractivity contribution is 7.98. The van der Waals surface area contributed by atoms with Crippen LogP contribution in [0.1, 0.15) is 25.7 Å². The first-order valence-corrected chi connectivity index (χ1v) is 8.04. The fraction of sp³-hybridized carbons (Fsp3) is 0.923. The van der Waals surface area contributed by atoms with E-state index in [-0.39, 0.29) is 0 Å². The molecule has 1 aliphatic carbocycles. The Morgan fingerprint density at radius 2 is 2.18 bits per heavy atom. The van der Waals surface area contributed by atoms with Crippen LogP contribution in [0.5, 0.6) is 0 Å². The molecule has 1 atom stereocenters. The van der Waals surface area contributed by atoms with Crippen molar-refractivity contribution in [3.8, 4) is 0 Å². The molecule has 1 heterocycles. The smallest absolute Gasteiger partial charge is 0.226 e. The maximum Gasteiger partial charge on any atom is 0.226 e. The summed E-state index contributed by atoms with van der Waals surface area (Å²) in [7, 11) is 1.97. The van der Waals surface area contributed by atoms with Gasteiger partial charge in [0, 0.05) is 19.5 Å². The lowest BCUT2D eigenvalue weighted by atomic mass is 9.91. The number of thioether (sulfide) groups is 1. The summed E-state index contributed by atoms with van der Waals surface area (Å²) in [6.45, 7) is 3.12. The van der Waals surface area contributed by atoms with Gasteiger partial charge in [-0.15, -0.1) is 0 Å². The van der Waals surface area contributed by atoms with E-state index in [9.17, 15) is 4.79 Å². The molecule has 2 aliphatic rings. The molecule has 1 unspecified atom stereocenters. The normalized spacial score (nSPS) is 25.9. The SMILES string of the molecule is CSCCCN(C)C(=O)C1CC12CCNCC2. The van der Waals surface area contributed by atoms with Gasteiger partial charge in [-0.2, -0.15) is 11.8 Å². The van der Waals surface area contributed by atoms with Crippen molar-refractivity contribution in [2.24, 2.45) is 11.3 Å². The maximum atomic E-state index is 12.3. The van der Waals surface area contributed by atoms with Crippen LogP contribution in [-0.4, -0.2) is 49.5 Å². The third-order valence-electron chi connectivity index (χ3n) is 4.31. The van der Waals surface area contributed by atoms with E-state index in [1.54, 1.807) is 0 Å². The lowest BCUT2D eigenvalue weighted by Gasteiger charge is -2.25. The van der Waals surface area contributed by atoms with E-state index in [0.29, 0.717) is 17.2 Å². The summed E-state index contributed by atoms with van der Waals surface area (Å²) in [6.07, 6.45) is 6.77. The predicted molar refractivity (Wildman–Crippen MR) is 73.3 cm³/mol. The monoisotopic (exact) mass is 256 g/mol. The van der Waals surface area contributed by atoms with Crippen molar-refractivity contribution in [3.63, 3.8) is 0 Å². The second-order valence-corrected chi connectivity index (χ2v) is 6.46. The van der Waals surface area contributed by atoms with Crippen LogP contribution in [0, 0.1) is 11.3 Å². The number of carbonyl (C=O) groups is 1. The van der Waals surface area contributed by atoms with E-state index in [4.69, 9.17) is 0 Å². The number of nitrogens with one attached hydrogen (secondary N) is 1. The molecule has 1 N–H and O–H groups in total. The number of amides is 1. The van der Waals surface area contributed by atoms with Gasteiger partial charge in [0.15, 0.2) is 0 Å². The summed E-state index contributed by atoms with van der Waals surface area (Å²) in [5.41, 5.74) is 0.385. The first-order chi connectivity index (χ1) is 8.19. The molecular formula is C13H24N2OS. The molecule has 1 amide bonds. The van der Waals surface area contributed by atoms with Crippen molar-refractivity contribution >= 4 is 17.7 Å². The molecule has 98 valence electrons. The number of carbonyl (C=O) groups excluding carboxylic acids is 1. The minimum absolute atomic E-state index is 0.337. The second-order valence-electron chi connectivity index (χ2n) is 5.48. The van der Waals surface area contributed by atoms with Gasteiger partial charge < -0.3 is 10.2 Å². The van der Waals surface area contributed by atoms with Crippen LogP contribution in [0.4, 0.5) is 0 Å². The highest BCUT2D eigenvalue weighted by Crippen LogP contribution is 2.59. The summed E-state index contributed by atoms with van der Waals surface area (Å²) < 4.78 is 0. The lowest BCUT2D eigenvalue weighted by molar-refractivity contribution is -0.132. The van der Waals surface area contributed by atoms with E-state index in [0.717, 1.165) is 38.2 Å². The van der Waals surface area contributed by atoms with E-state index >= 15 is 0 Å². The molecule has 0 aromatic heterocycles. The van der Waals surface area contributed by atoms with Crippen LogP contribution in [0.2, 0.25) is 0 Å². The molecule has 2 rings (SSSR count). The van der Waals surface area contributed by atoms with Crippen molar-refractivity contribution in [2.75, 3.05) is 38.7 Å². The highest BCUT2D eigenvalue weighted by Gasteiger charge is 2.58. The van der Waals surface area contributed by atoms with E-state index in [2.05, 4.69) is 11.6 Å². The molecule has 1 aliphatic heterocycles. The standard InChI is InChI=1S/C13H24N2OS/c1-15(8-3-9-17-2)12(16)11-10-13(11)4-6-14-7-5-13/h11,14H,3-10H2,1-2H3. The topological polar surface area (TPSA) is 32.3 Å². The summed E-state index contributed by atoms with van der Waals surface area (Å²) >= 11 is 1.85. The molecule has 0 aromatic rings. The number of hydrogen-bond acceptors (Lipinski definition) is 3. The zero-order valence-corrected chi connectivity index (χ0v) is 11.8. The molecule has 0 radical (unpaired) electrons. The Kier molecular flexibility index (Phi) is 4.36. The molecule has 3 nitrogen and oxygen atoms in total. The van der Waals surface area contributed by atoms with Crippen LogP contribution in [0.3, 0.4) is 0 Å². The Bertz CT molecular complexity index is 277. The van der Waals surface area contributed by atoms with Gasteiger partial charge in [0.2, 0.25) is 5.91 Å². The van der Waals surface area contributed by atoms with Gasteiger partial charge in [-0.05, 0) is 56.2 Å². The summed E-state index contributed by atoms with van der Waals surface area (Å²) in [5, 5.41) is 3.38. The number of piperidine rings is 1. The molecule has 0 bridgehead atoms. The van der Waals surface area contributed by atoms with Crippen LogP contribution in [-0.2, 0) is 4.79 Å². The van der Waals surface area contributed by atoms with Crippen LogP contribution < -0.4 is 5.32 Å². The van der Waals surface area contributed by atoms with Gasteiger partial charge in [0.25, 0.3) is 0 Å². The Hall–Kier alpha value is -0.220. The van der Waals surface area contributed by atoms with Crippen molar-refractivity contribution < 1.29 is 4.79 Å². The summed E-state index contributed by atoms with van der Waals surface area (Å²) in [4.78, 5) is 14.2. The third-order valence-corrected chi connectivity index (χ3v) is 5.00. The molecule has 0 aromatic carbocycles. The molecule has 1 saturated heterocycles. The van der Waals surface area contributed by atoms with E-state index < -0.39 is 0 Å². The van der Waals surface area contributed by atoms with Crippen LogP contribution in [0.25, 0.3) is 0 Å². The molecule has 2 fully saturated rings. The third kappa shape index (κ3) is 2.97. The van der Waals surface area contributed by atoms with Gasteiger partial charge >= 0.3 is 0 Å². The number of nitrogens with zero attached hydrogens (tertiary/aromatic N) is 1. The molecule has 17 heavy (non-hydrogen) atoms. The van der Waals surface area contributed by atoms with E-state index in [1.807, 2.05) is 23.7 Å². The fourth-order valence-corrected chi connectivity index (χ4v) is 3.41. The number of rotatable bonds is 5. The van der Waals surface area contributed by atoms with Gasteiger partial charge in [-0.1, -0.05) is 0 Å².